The van der Waals surface area contributed by atoms with Gasteiger partial charge < -0.3 is 10.3 Å². The van der Waals surface area contributed by atoms with Crippen molar-refractivity contribution in [2.45, 2.75) is 20.8 Å². The molecule has 0 unspecified atom stereocenters. The summed E-state index contributed by atoms with van der Waals surface area (Å²) in [6.07, 6.45) is 0. The van der Waals surface area contributed by atoms with E-state index >= 15 is 0 Å². The van der Waals surface area contributed by atoms with Crippen LogP contribution in [0.1, 0.15) is 31.1 Å². The van der Waals surface area contributed by atoms with E-state index in [1.54, 1.807) is 30.1 Å². The maximum atomic E-state index is 12.3. The van der Waals surface area contributed by atoms with E-state index in [1.807, 2.05) is 0 Å². The lowest BCUT2D eigenvalue weighted by molar-refractivity contribution is 0.0746. The molecular weight excluding hydrogens is 250 g/mol. The van der Waals surface area contributed by atoms with Gasteiger partial charge in [-0.25, -0.2) is 0 Å². The van der Waals surface area contributed by atoms with Crippen LogP contribution in [0.25, 0.3) is 0 Å². The molecule has 0 saturated heterocycles. The highest BCUT2D eigenvalue weighted by atomic mass is 35.5. The quantitative estimate of drug-likeness (QED) is 0.655. The molecule has 0 aliphatic heterocycles. The molecule has 0 bridgehead atoms. The summed E-state index contributed by atoms with van der Waals surface area (Å²) in [7, 11) is 1.77. The first-order chi connectivity index (χ1) is 8.24. The van der Waals surface area contributed by atoms with E-state index in [9.17, 15) is 4.79 Å². The van der Waals surface area contributed by atoms with Gasteiger partial charge >= 0.3 is 0 Å². The molecule has 0 saturated carbocycles. The summed E-state index contributed by atoms with van der Waals surface area (Å²) in [5.41, 5.74) is 3.61. The van der Waals surface area contributed by atoms with E-state index in [2.05, 4.69) is 26.2 Å². The van der Waals surface area contributed by atoms with Crippen LogP contribution in [0.2, 0.25) is 5.02 Å². The number of nitrogens with one attached hydrogen (secondary N) is 1. The number of hydrogen-bond acceptors (Lipinski definition) is 3. The summed E-state index contributed by atoms with van der Waals surface area (Å²) in [5, 5.41) is 0.515. The molecule has 1 rings (SSSR count). The topological polar surface area (TPSA) is 58.4 Å². The van der Waals surface area contributed by atoms with Gasteiger partial charge in [-0.15, -0.1) is 0 Å². The lowest BCUT2D eigenvalue weighted by Crippen LogP contribution is -2.35. The third kappa shape index (κ3) is 3.89. The van der Waals surface area contributed by atoms with Crippen molar-refractivity contribution >= 4 is 23.2 Å². The smallest absolute Gasteiger partial charge is 0.255 e. The lowest BCUT2D eigenvalue weighted by atomic mass is 9.96. The van der Waals surface area contributed by atoms with Crippen LogP contribution in [-0.2, 0) is 0 Å². The number of nitrogens with zero attached hydrogens (tertiary/aromatic N) is 1. The molecular formula is C13H20ClN3O. The maximum absolute atomic E-state index is 12.3. The lowest BCUT2D eigenvalue weighted by Gasteiger charge is -2.27. The molecule has 1 amide bonds. The average Bonchev–Trinajstić information content (AvgIpc) is 2.25. The van der Waals surface area contributed by atoms with E-state index < -0.39 is 0 Å². The van der Waals surface area contributed by atoms with Crippen molar-refractivity contribution < 1.29 is 4.79 Å². The SMILES string of the molecule is CN(CC(C)(C)C)C(=O)c1cc(Cl)ccc1NN. The predicted octanol–water partition coefficient (Wildman–Crippen LogP) is 2.74. The second-order valence-corrected chi connectivity index (χ2v) is 5.99. The van der Waals surface area contributed by atoms with Crippen LogP contribution in [-0.4, -0.2) is 24.4 Å². The summed E-state index contributed by atoms with van der Waals surface area (Å²) in [6, 6.07) is 5.01. The Balaban J connectivity index is 2.99. The number of hydrazine groups is 1. The van der Waals surface area contributed by atoms with Crippen molar-refractivity contribution in [3.8, 4) is 0 Å². The Morgan fingerprint density at radius 1 is 1.44 bits per heavy atom. The van der Waals surface area contributed by atoms with E-state index in [-0.39, 0.29) is 11.3 Å². The first kappa shape index (κ1) is 14.8. The van der Waals surface area contributed by atoms with Crippen molar-refractivity contribution in [1.29, 1.82) is 0 Å². The van der Waals surface area contributed by atoms with Crippen molar-refractivity contribution in [2.75, 3.05) is 19.0 Å². The first-order valence-electron chi connectivity index (χ1n) is 5.76. The first-order valence-corrected chi connectivity index (χ1v) is 6.14. The minimum atomic E-state index is -0.0969. The summed E-state index contributed by atoms with van der Waals surface area (Å²) in [6.45, 7) is 6.90. The van der Waals surface area contributed by atoms with Crippen LogP contribution in [0.4, 0.5) is 5.69 Å². The van der Waals surface area contributed by atoms with Crippen LogP contribution < -0.4 is 11.3 Å². The van der Waals surface area contributed by atoms with Crippen LogP contribution in [0.15, 0.2) is 18.2 Å². The second-order valence-electron chi connectivity index (χ2n) is 5.56. The molecule has 1 aromatic rings. The summed E-state index contributed by atoms with van der Waals surface area (Å²) in [5.74, 6) is 5.31. The number of hydrogen-bond donors (Lipinski definition) is 2. The zero-order chi connectivity index (χ0) is 13.9. The van der Waals surface area contributed by atoms with E-state index in [4.69, 9.17) is 17.4 Å². The average molecular weight is 270 g/mol. The molecule has 4 nitrogen and oxygen atoms in total. The molecule has 0 aliphatic rings. The number of benzene rings is 1. The summed E-state index contributed by atoms with van der Waals surface area (Å²) < 4.78 is 0. The van der Waals surface area contributed by atoms with Gasteiger partial charge in [0.25, 0.3) is 5.91 Å². The standard InChI is InChI=1S/C13H20ClN3O/c1-13(2,3)8-17(4)12(18)10-7-9(14)5-6-11(10)16-15/h5-7,16H,8,15H2,1-4H3. The Morgan fingerprint density at radius 2 is 2.06 bits per heavy atom. The van der Waals surface area contributed by atoms with Gasteiger partial charge in [-0.2, -0.15) is 0 Å². The van der Waals surface area contributed by atoms with E-state index in [1.165, 1.54) is 0 Å². The molecule has 5 heteroatoms. The van der Waals surface area contributed by atoms with Gasteiger partial charge in [-0.05, 0) is 23.6 Å². The minimum Gasteiger partial charge on any atom is -0.341 e. The third-order valence-electron chi connectivity index (χ3n) is 2.43. The molecule has 3 N–H and O–H groups in total. The second kappa shape index (κ2) is 5.59. The molecule has 100 valence electrons. The van der Waals surface area contributed by atoms with Gasteiger partial charge in [0.15, 0.2) is 0 Å². The largest absolute Gasteiger partial charge is 0.341 e. The Labute approximate surface area is 113 Å². The Bertz CT molecular complexity index is 440. The van der Waals surface area contributed by atoms with Gasteiger partial charge in [0, 0.05) is 18.6 Å². The van der Waals surface area contributed by atoms with Crippen LogP contribution in [0.5, 0.6) is 0 Å². The number of carbonyl (C=O) groups is 1. The number of halogens is 1. The highest BCUT2D eigenvalue weighted by molar-refractivity contribution is 6.31. The fourth-order valence-corrected chi connectivity index (χ4v) is 1.98. The highest BCUT2D eigenvalue weighted by Crippen LogP contribution is 2.23. The molecule has 1 aromatic carbocycles. The number of amides is 1. The fourth-order valence-electron chi connectivity index (χ4n) is 1.81. The minimum absolute atomic E-state index is 0.0410. The predicted molar refractivity (Wildman–Crippen MR) is 75.7 cm³/mol. The van der Waals surface area contributed by atoms with Crippen molar-refractivity contribution in [3.63, 3.8) is 0 Å². The van der Waals surface area contributed by atoms with Gasteiger partial charge in [-0.3, -0.25) is 10.6 Å². The third-order valence-corrected chi connectivity index (χ3v) is 2.66. The van der Waals surface area contributed by atoms with E-state index in [0.717, 1.165) is 0 Å². The molecule has 18 heavy (non-hydrogen) atoms. The molecule has 0 spiro atoms. The molecule has 0 heterocycles. The molecule has 0 radical (unpaired) electrons. The molecule has 0 atom stereocenters. The highest BCUT2D eigenvalue weighted by Gasteiger charge is 2.21. The number of anilines is 1. The van der Waals surface area contributed by atoms with Gasteiger partial charge in [0.2, 0.25) is 0 Å². The fraction of sp³-hybridized carbons (Fsp3) is 0.462. The monoisotopic (exact) mass is 269 g/mol. The Hall–Kier alpha value is -1.26. The van der Waals surface area contributed by atoms with Crippen LogP contribution in [0.3, 0.4) is 0 Å². The zero-order valence-electron chi connectivity index (χ0n) is 11.2. The van der Waals surface area contributed by atoms with Gasteiger partial charge in [0.1, 0.15) is 0 Å². The molecule has 0 aromatic heterocycles. The van der Waals surface area contributed by atoms with Crippen molar-refractivity contribution in [2.24, 2.45) is 11.3 Å². The normalized spacial score (nSPS) is 11.2. The van der Waals surface area contributed by atoms with Crippen molar-refractivity contribution in [3.05, 3.63) is 28.8 Å². The van der Waals surface area contributed by atoms with Gasteiger partial charge in [-0.1, -0.05) is 32.4 Å². The van der Waals surface area contributed by atoms with Gasteiger partial charge in [0.05, 0.1) is 11.3 Å². The number of nitrogens with two attached hydrogens (primary N) is 1. The van der Waals surface area contributed by atoms with Crippen molar-refractivity contribution in [1.82, 2.24) is 4.90 Å². The Morgan fingerprint density at radius 3 is 2.56 bits per heavy atom. The number of carbonyl (C=O) groups excluding carboxylic acids is 1. The van der Waals surface area contributed by atoms with E-state index in [0.29, 0.717) is 22.8 Å². The van der Waals surface area contributed by atoms with Crippen LogP contribution in [0, 0.1) is 5.41 Å². The maximum Gasteiger partial charge on any atom is 0.255 e. The summed E-state index contributed by atoms with van der Waals surface area (Å²) in [4.78, 5) is 14.0. The van der Waals surface area contributed by atoms with Crippen LogP contribution >= 0.6 is 11.6 Å². The Kier molecular flexibility index (Phi) is 4.59. The number of nitrogen functional groups attached to an aromatic ring is 1. The molecule has 0 fully saturated rings. The molecule has 0 aliphatic carbocycles. The zero-order valence-corrected chi connectivity index (χ0v) is 12.0. The number of rotatable bonds is 3. The summed E-state index contributed by atoms with van der Waals surface area (Å²) >= 11 is 5.92.